The smallest absolute Gasteiger partial charge is 0.0497 e. The summed E-state index contributed by atoms with van der Waals surface area (Å²) in [6, 6.07) is 0. The third-order valence-electron chi connectivity index (χ3n) is 1.80. The van der Waals surface area contributed by atoms with E-state index in [0.717, 1.165) is 4.91 Å². The van der Waals surface area contributed by atoms with E-state index in [1.165, 1.54) is 0 Å². The molecule has 66 valence electrons. The maximum Gasteiger partial charge on any atom is 0.0497 e. The van der Waals surface area contributed by atoms with Crippen LogP contribution in [0.25, 0.3) is 0 Å². The molecule has 0 fully saturated rings. The molecule has 0 amide bonds. The van der Waals surface area contributed by atoms with Gasteiger partial charge in [0.1, 0.15) is 0 Å². The van der Waals surface area contributed by atoms with Crippen molar-refractivity contribution in [3.63, 3.8) is 0 Å². The summed E-state index contributed by atoms with van der Waals surface area (Å²) in [4.78, 5) is 0.886. The molecule has 0 aromatic heterocycles. The second-order valence-corrected chi connectivity index (χ2v) is 4.92. The molecule has 0 N–H and O–H groups in total. The van der Waals surface area contributed by atoms with E-state index in [-0.39, 0.29) is 5.41 Å². The fourth-order valence-electron chi connectivity index (χ4n) is 0.991. The molecule has 1 rings (SSSR count). The van der Waals surface area contributed by atoms with Gasteiger partial charge >= 0.3 is 0 Å². The molecule has 1 aliphatic carbocycles. The monoisotopic (exact) mass is 182 g/mol. The predicted octanol–water partition coefficient (Wildman–Crippen LogP) is 2.40. The lowest BCUT2D eigenvalue weighted by molar-refractivity contribution is 0.627. The average molecular weight is 182 g/mol. The quantitative estimate of drug-likeness (QED) is 0.608. The highest BCUT2D eigenvalue weighted by molar-refractivity contribution is 7.88. The van der Waals surface area contributed by atoms with Crippen LogP contribution in [0.5, 0.6) is 0 Å². The van der Waals surface area contributed by atoms with Gasteiger partial charge in [-0.3, -0.25) is 4.21 Å². The van der Waals surface area contributed by atoms with Gasteiger partial charge in [-0.25, -0.2) is 0 Å². The minimum Gasteiger partial charge on any atom is -0.255 e. The van der Waals surface area contributed by atoms with Crippen LogP contribution in [0.4, 0.5) is 0 Å². The predicted molar refractivity (Wildman–Crippen MR) is 54.2 cm³/mol. The first-order valence-corrected chi connectivity index (χ1v) is 5.49. The van der Waals surface area contributed by atoms with E-state index < -0.39 is 10.8 Å². The summed E-state index contributed by atoms with van der Waals surface area (Å²) in [5, 5.41) is 0. The molecule has 1 unspecified atom stereocenters. The summed E-state index contributed by atoms with van der Waals surface area (Å²) in [7, 11) is -0.873. The normalized spacial score (nSPS) is 23.1. The summed E-state index contributed by atoms with van der Waals surface area (Å²) in [5.41, 5.74) is 0.0810. The van der Waals surface area contributed by atoms with E-state index in [9.17, 15) is 4.21 Å². The molecule has 0 aromatic carbocycles. The van der Waals surface area contributed by atoms with Gasteiger partial charge in [0.05, 0.1) is 0 Å². The summed E-state index contributed by atoms with van der Waals surface area (Å²) in [5.74, 6) is 0. The fourth-order valence-corrected chi connectivity index (χ4v) is 1.52. The van der Waals surface area contributed by atoms with Crippen LogP contribution < -0.4 is 0 Å². The summed E-state index contributed by atoms with van der Waals surface area (Å²) in [6.07, 6.45) is 11.7. The Morgan fingerprint density at radius 2 is 2.00 bits per heavy atom. The van der Waals surface area contributed by atoms with Gasteiger partial charge in [0.2, 0.25) is 0 Å². The molecule has 0 saturated heterocycles. The average Bonchev–Trinajstić information content (AvgIpc) is 2.10. The maximum absolute atomic E-state index is 11.1. The first-order chi connectivity index (χ1) is 5.51. The molecular formula is C10H14OS. The minimum absolute atomic E-state index is 0.0810. The van der Waals surface area contributed by atoms with Crippen molar-refractivity contribution in [3.05, 3.63) is 35.3 Å². The van der Waals surface area contributed by atoms with Crippen LogP contribution in [0.2, 0.25) is 0 Å². The van der Waals surface area contributed by atoms with Crippen molar-refractivity contribution >= 4 is 10.8 Å². The molecule has 12 heavy (non-hydrogen) atoms. The van der Waals surface area contributed by atoms with Gasteiger partial charge in [0, 0.05) is 27.4 Å². The van der Waals surface area contributed by atoms with Crippen molar-refractivity contribution < 1.29 is 4.21 Å². The van der Waals surface area contributed by atoms with Gasteiger partial charge in [0.25, 0.3) is 0 Å². The highest BCUT2D eigenvalue weighted by Crippen LogP contribution is 2.23. The lowest BCUT2D eigenvalue weighted by atomic mass is 9.93. The van der Waals surface area contributed by atoms with Gasteiger partial charge in [0.15, 0.2) is 0 Å². The van der Waals surface area contributed by atoms with E-state index in [0.29, 0.717) is 0 Å². The van der Waals surface area contributed by atoms with Crippen LogP contribution in [-0.2, 0) is 10.8 Å². The standard InChI is InChI=1S/C10H14OS/c1-10(2)7-4-5-9(6-8-10)12(3)11/h4-8H,1-3H3. The van der Waals surface area contributed by atoms with Gasteiger partial charge in [-0.05, 0) is 12.2 Å². The first-order valence-electron chi connectivity index (χ1n) is 3.93. The SMILES string of the molecule is CS(=O)C1=CC=CC(C)(C)C=C1. The number of allylic oxidation sites excluding steroid dienone is 5. The van der Waals surface area contributed by atoms with Gasteiger partial charge in [-0.15, -0.1) is 0 Å². The summed E-state index contributed by atoms with van der Waals surface area (Å²) in [6.45, 7) is 4.24. The van der Waals surface area contributed by atoms with E-state index in [2.05, 4.69) is 26.0 Å². The van der Waals surface area contributed by atoms with Gasteiger partial charge in [-0.2, -0.15) is 0 Å². The third kappa shape index (κ3) is 2.45. The Kier molecular flexibility index (Phi) is 2.68. The van der Waals surface area contributed by atoms with E-state index in [4.69, 9.17) is 0 Å². The van der Waals surface area contributed by atoms with Crippen LogP contribution in [0.3, 0.4) is 0 Å². The lowest BCUT2D eigenvalue weighted by Gasteiger charge is -2.12. The highest BCUT2D eigenvalue weighted by Gasteiger charge is 2.10. The Morgan fingerprint density at radius 3 is 2.58 bits per heavy atom. The molecular weight excluding hydrogens is 168 g/mol. The molecule has 2 heteroatoms. The Hall–Kier alpha value is -0.630. The summed E-state index contributed by atoms with van der Waals surface area (Å²) < 4.78 is 11.1. The van der Waals surface area contributed by atoms with Crippen molar-refractivity contribution in [2.75, 3.05) is 6.26 Å². The molecule has 0 radical (unpaired) electrons. The topological polar surface area (TPSA) is 17.1 Å². The zero-order chi connectivity index (χ0) is 9.19. The molecule has 1 atom stereocenters. The van der Waals surface area contributed by atoms with Crippen molar-refractivity contribution in [2.24, 2.45) is 5.41 Å². The molecule has 0 saturated carbocycles. The maximum atomic E-state index is 11.1. The number of hydrogen-bond acceptors (Lipinski definition) is 1. The molecule has 1 nitrogen and oxygen atoms in total. The molecule has 0 aliphatic heterocycles. The largest absolute Gasteiger partial charge is 0.255 e. The second kappa shape index (κ2) is 3.40. The number of hydrogen-bond donors (Lipinski definition) is 0. The highest BCUT2D eigenvalue weighted by atomic mass is 32.2. The van der Waals surface area contributed by atoms with Crippen molar-refractivity contribution in [2.45, 2.75) is 13.8 Å². The Labute approximate surface area is 76.3 Å². The zero-order valence-corrected chi connectivity index (χ0v) is 8.52. The van der Waals surface area contributed by atoms with Crippen molar-refractivity contribution in [1.82, 2.24) is 0 Å². The van der Waals surface area contributed by atoms with Crippen LogP contribution in [0, 0.1) is 5.41 Å². The van der Waals surface area contributed by atoms with Crippen LogP contribution in [-0.4, -0.2) is 10.5 Å². The summed E-state index contributed by atoms with van der Waals surface area (Å²) >= 11 is 0. The fraction of sp³-hybridized carbons (Fsp3) is 0.400. The van der Waals surface area contributed by atoms with Gasteiger partial charge < -0.3 is 0 Å². The van der Waals surface area contributed by atoms with E-state index in [1.807, 2.05) is 18.2 Å². The Bertz CT molecular complexity index is 282. The zero-order valence-electron chi connectivity index (χ0n) is 7.70. The first kappa shape index (κ1) is 9.46. The van der Waals surface area contributed by atoms with Crippen molar-refractivity contribution in [1.29, 1.82) is 0 Å². The Morgan fingerprint density at radius 1 is 1.33 bits per heavy atom. The third-order valence-corrected chi connectivity index (χ3v) is 2.73. The van der Waals surface area contributed by atoms with Gasteiger partial charge in [-0.1, -0.05) is 32.1 Å². The number of rotatable bonds is 1. The van der Waals surface area contributed by atoms with Crippen molar-refractivity contribution in [3.8, 4) is 0 Å². The minimum atomic E-state index is -0.873. The van der Waals surface area contributed by atoms with E-state index >= 15 is 0 Å². The molecule has 0 spiro atoms. The lowest BCUT2D eigenvalue weighted by Crippen LogP contribution is -2.00. The molecule has 0 heterocycles. The molecule has 0 bridgehead atoms. The van der Waals surface area contributed by atoms with Crippen LogP contribution >= 0.6 is 0 Å². The molecule has 0 aromatic rings. The van der Waals surface area contributed by atoms with Crippen LogP contribution in [0.15, 0.2) is 35.3 Å². The molecule has 1 aliphatic rings. The van der Waals surface area contributed by atoms with Crippen LogP contribution in [0.1, 0.15) is 13.8 Å². The second-order valence-electron chi connectivity index (χ2n) is 3.54. The van der Waals surface area contributed by atoms with E-state index in [1.54, 1.807) is 6.26 Å². The Balaban J connectivity index is 2.94.